The fourth-order valence-electron chi connectivity index (χ4n) is 0.874. The van der Waals surface area contributed by atoms with E-state index >= 15 is 0 Å². The van der Waals surface area contributed by atoms with Crippen molar-refractivity contribution in [2.45, 2.75) is 26.2 Å². The first-order valence-electron chi connectivity index (χ1n) is 4.72. The Bertz CT molecular complexity index is 155. The molecule has 0 bridgehead atoms. The molecule has 3 nitrogen and oxygen atoms in total. The topological polar surface area (TPSA) is 38.3 Å². The quantitative estimate of drug-likeness (QED) is 0.482. The number of carbonyl (C=O) groups excluding carboxylic acids is 1. The van der Waals surface area contributed by atoms with E-state index in [1.54, 1.807) is 7.11 Å². The van der Waals surface area contributed by atoms with Crippen LogP contribution in [0.2, 0.25) is 0 Å². The van der Waals surface area contributed by atoms with Crippen LogP contribution in [0.5, 0.6) is 0 Å². The van der Waals surface area contributed by atoms with E-state index in [1.807, 2.05) is 19.1 Å². The van der Waals surface area contributed by atoms with Gasteiger partial charge in [0, 0.05) is 26.7 Å². The van der Waals surface area contributed by atoms with Gasteiger partial charge in [-0.3, -0.25) is 4.79 Å². The van der Waals surface area contributed by atoms with Gasteiger partial charge in [0.2, 0.25) is 5.91 Å². The third-order valence-electron chi connectivity index (χ3n) is 1.55. The van der Waals surface area contributed by atoms with Crippen molar-refractivity contribution in [3.05, 3.63) is 12.2 Å². The van der Waals surface area contributed by atoms with Crippen molar-refractivity contribution in [2.75, 3.05) is 20.3 Å². The summed E-state index contributed by atoms with van der Waals surface area (Å²) < 4.78 is 4.86. The first-order chi connectivity index (χ1) is 6.31. The van der Waals surface area contributed by atoms with Crippen LogP contribution in [0.1, 0.15) is 26.2 Å². The third-order valence-corrected chi connectivity index (χ3v) is 1.55. The van der Waals surface area contributed by atoms with Gasteiger partial charge >= 0.3 is 0 Å². The van der Waals surface area contributed by atoms with Gasteiger partial charge in [-0.2, -0.15) is 0 Å². The number of methoxy groups -OCH3 is 1. The van der Waals surface area contributed by atoms with Gasteiger partial charge in [-0.25, -0.2) is 0 Å². The average molecular weight is 185 g/mol. The minimum Gasteiger partial charge on any atom is -0.385 e. The lowest BCUT2D eigenvalue weighted by molar-refractivity contribution is -0.120. The van der Waals surface area contributed by atoms with Crippen LogP contribution in [0.25, 0.3) is 0 Å². The van der Waals surface area contributed by atoms with E-state index in [1.165, 1.54) is 0 Å². The van der Waals surface area contributed by atoms with Crippen LogP contribution in [-0.4, -0.2) is 26.2 Å². The van der Waals surface area contributed by atoms with E-state index in [2.05, 4.69) is 5.32 Å². The maximum atomic E-state index is 11.1. The van der Waals surface area contributed by atoms with Crippen molar-refractivity contribution in [3.8, 4) is 0 Å². The molecule has 0 unspecified atom stereocenters. The van der Waals surface area contributed by atoms with Crippen molar-refractivity contribution < 1.29 is 9.53 Å². The summed E-state index contributed by atoms with van der Waals surface area (Å²) in [6.07, 6.45) is 6.23. The maximum Gasteiger partial charge on any atom is 0.223 e. The molecule has 1 N–H and O–H groups in total. The molecule has 76 valence electrons. The summed E-state index contributed by atoms with van der Waals surface area (Å²) in [4.78, 5) is 11.1. The molecule has 3 heteroatoms. The molecule has 0 heterocycles. The van der Waals surface area contributed by atoms with E-state index in [4.69, 9.17) is 4.74 Å². The van der Waals surface area contributed by atoms with Gasteiger partial charge in [-0.15, -0.1) is 0 Å². The molecular weight excluding hydrogens is 166 g/mol. The van der Waals surface area contributed by atoms with Crippen LogP contribution in [0.4, 0.5) is 0 Å². The zero-order valence-electron chi connectivity index (χ0n) is 8.51. The lowest BCUT2D eigenvalue weighted by atomic mass is 10.3. The molecule has 0 aromatic carbocycles. The Labute approximate surface area is 80.2 Å². The number of carbonyl (C=O) groups is 1. The van der Waals surface area contributed by atoms with Gasteiger partial charge in [0.15, 0.2) is 0 Å². The lowest BCUT2D eigenvalue weighted by Gasteiger charge is -2.01. The van der Waals surface area contributed by atoms with Crippen molar-refractivity contribution >= 4 is 5.91 Å². The number of nitrogens with one attached hydrogen (secondary N) is 1. The molecule has 0 atom stereocenters. The standard InChI is InChI=1S/C10H19NO2/c1-3-4-5-7-10(12)11-8-6-9-13-2/h4-5H,3,6-9H2,1-2H3,(H,11,12)/b5-4+. The molecule has 1 amide bonds. The lowest BCUT2D eigenvalue weighted by Crippen LogP contribution is -2.24. The van der Waals surface area contributed by atoms with E-state index in [-0.39, 0.29) is 5.91 Å². The molecule has 0 spiro atoms. The predicted molar refractivity (Wildman–Crippen MR) is 53.6 cm³/mol. The number of hydrogen-bond donors (Lipinski definition) is 1. The van der Waals surface area contributed by atoms with Crippen LogP contribution >= 0.6 is 0 Å². The summed E-state index contributed by atoms with van der Waals surface area (Å²) in [6, 6.07) is 0. The highest BCUT2D eigenvalue weighted by molar-refractivity contribution is 5.77. The zero-order valence-corrected chi connectivity index (χ0v) is 8.51. The first kappa shape index (κ1) is 12.2. The van der Waals surface area contributed by atoms with Crippen LogP contribution in [0.15, 0.2) is 12.2 Å². The van der Waals surface area contributed by atoms with Crippen molar-refractivity contribution in [2.24, 2.45) is 0 Å². The smallest absolute Gasteiger partial charge is 0.223 e. The third kappa shape index (κ3) is 9.08. The number of hydrogen-bond acceptors (Lipinski definition) is 2. The molecular formula is C10H19NO2. The second kappa shape index (κ2) is 9.26. The van der Waals surface area contributed by atoms with Gasteiger partial charge in [0.25, 0.3) is 0 Å². The molecule has 13 heavy (non-hydrogen) atoms. The van der Waals surface area contributed by atoms with E-state index < -0.39 is 0 Å². The Morgan fingerprint density at radius 1 is 1.46 bits per heavy atom. The first-order valence-corrected chi connectivity index (χ1v) is 4.72. The van der Waals surface area contributed by atoms with Crippen molar-refractivity contribution in [1.29, 1.82) is 0 Å². The highest BCUT2D eigenvalue weighted by Gasteiger charge is 1.95. The summed E-state index contributed by atoms with van der Waals surface area (Å²) in [7, 11) is 1.66. The van der Waals surface area contributed by atoms with Crippen LogP contribution < -0.4 is 5.32 Å². The summed E-state index contributed by atoms with van der Waals surface area (Å²) in [5.41, 5.74) is 0. The average Bonchev–Trinajstić information content (AvgIpc) is 2.13. The molecule has 0 saturated heterocycles. The Morgan fingerprint density at radius 3 is 2.85 bits per heavy atom. The SMILES string of the molecule is CC/C=C/CC(=O)NCCCOC. The van der Waals surface area contributed by atoms with E-state index in [9.17, 15) is 4.79 Å². The molecule has 0 aliphatic rings. The van der Waals surface area contributed by atoms with Gasteiger partial charge in [-0.1, -0.05) is 19.1 Å². The molecule has 0 radical (unpaired) electrons. The van der Waals surface area contributed by atoms with Gasteiger partial charge in [0.1, 0.15) is 0 Å². The fourth-order valence-corrected chi connectivity index (χ4v) is 0.874. The summed E-state index contributed by atoms with van der Waals surface area (Å²) in [5.74, 6) is 0.0841. The molecule has 0 aliphatic heterocycles. The molecule has 0 aromatic heterocycles. The normalized spacial score (nSPS) is 10.6. The second-order valence-corrected chi connectivity index (χ2v) is 2.78. The Kier molecular flexibility index (Phi) is 8.67. The number of ether oxygens (including phenoxy) is 1. The molecule has 0 aromatic rings. The van der Waals surface area contributed by atoms with E-state index in [0.29, 0.717) is 19.6 Å². The largest absolute Gasteiger partial charge is 0.385 e. The summed E-state index contributed by atoms with van der Waals surface area (Å²) in [5, 5.41) is 2.81. The van der Waals surface area contributed by atoms with Crippen LogP contribution in [0, 0.1) is 0 Å². The van der Waals surface area contributed by atoms with Gasteiger partial charge < -0.3 is 10.1 Å². The van der Waals surface area contributed by atoms with Crippen LogP contribution in [-0.2, 0) is 9.53 Å². The van der Waals surface area contributed by atoms with Gasteiger partial charge in [-0.05, 0) is 12.8 Å². The monoisotopic (exact) mass is 185 g/mol. The minimum atomic E-state index is 0.0841. The maximum absolute atomic E-state index is 11.1. The van der Waals surface area contributed by atoms with Gasteiger partial charge in [0.05, 0.1) is 0 Å². The minimum absolute atomic E-state index is 0.0841. The number of rotatable bonds is 7. The summed E-state index contributed by atoms with van der Waals surface area (Å²) >= 11 is 0. The van der Waals surface area contributed by atoms with Crippen LogP contribution in [0.3, 0.4) is 0 Å². The van der Waals surface area contributed by atoms with E-state index in [0.717, 1.165) is 12.8 Å². The highest BCUT2D eigenvalue weighted by atomic mass is 16.5. The number of amides is 1. The summed E-state index contributed by atoms with van der Waals surface area (Å²) in [6.45, 7) is 3.45. The molecule has 0 aliphatic carbocycles. The highest BCUT2D eigenvalue weighted by Crippen LogP contribution is 1.86. The Hall–Kier alpha value is -0.830. The molecule has 0 fully saturated rings. The second-order valence-electron chi connectivity index (χ2n) is 2.78. The fraction of sp³-hybridized carbons (Fsp3) is 0.700. The number of allylic oxidation sites excluding steroid dienone is 1. The molecule has 0 rings (SSSR count). The Balaban J connectivity index is 3.25. The van der Waals surface area contributed by atoms with Crippen molar-refractivity contribution in [1.82, 2.24) is 5.32 Å². The van der Waals surface area contributed by atoms with Crippen molar-refractivity contribution in [3.63, 3.8) is 0 Å². The predicted octanol–water partition coefficient (Wildman–Crippen LogP) is 1.50. The molecule has 0 saturated carbocycles. The zero-order chi connectivity index (χ0) is 9.94. The Morgan fingerprint density at radius 2 is 2.23 bits per heavy atom.